The van der Waals surface area contributed by atoms with E-state index in [0.29, 0.717) is 12.2 Å². The maximum Gasteiger partial charge on any atom is 0.410 e. The van der Waals surface area contributed by atoms with Crippen molar-refractivity contribution >= 4 is 5.82 Å². The number of nitrogens with zero attached hydrogens (tertiary/aromatic N) is 4. The molecule has 0 aliphatic carbocycles. The Morgan fingerprint density at radius 2 is 2.14 bits per heavy atom. The van der Waals surface area contributed by atoms with Gasteiger partial charge in [-0.2, -0.15) is 18.3 Å². The van der Waals surface area contributed by atoms with Crippen LogP contribution >= 0.6 is 0 Å². The molecule has 0 saturated carbocycles. The zero-order valence-electron chi connectivity index (χ0n) is 16.9. The van der Waals surface area contributed by atoms with Crippen LogP contribution in [0, 0.1) is 6.92 Å². The van der Waals surface area contributed by atoms with E-state index in [1.807, 2.05) is 25.3 Å². The summed E-state index contributed by atoms with van der Waals surface area (Å²) in [5, 5.41) is 7.69. The number of rotatable bonds is 4. The van der Waals surface area contributed by atoms with E-state index in [1.54, 1.807) is 6.20 Å². The molecule has 29 heavy (non-hydrogen) atoms. The van der Waals surface area contributed by atoms with Crippen molar-refractivity contribution in [3.8, 4) is 0 Å². The number of alkyl halides is 3. The predicted molar refractivity (Wildman–Crippen MR) is 106 cm³/mol. The summed E-state index contributed by atoms with van der Waals surface area (Å²) in [6, 6.07) is 2.16. The molecule has 1 fully saturated rings. The van der Waals surface area contributed by atoms with Gasteiger partial charge in [0.2, 0.25) is 0 Å². The Labute approximate surface area is 169 Å². The maximum atomic E-state index is 13.6. The smallest absolute Gasteiger partial charge is 0.367 e. The first-order chi connectivity index (χ1) is 13.8. The second-order valence-electron chi connectivity index (χ2n) is 8.32. The molecule has 3 atom stereocenters. The Morgan fingerprint density at radius 3 is 2.86 bits per heavy atom. The van der Waals surface area contributed by atoms with Crippen molar-refractivity contribution in [3.63, 3.8) is 0 Å². The summed E-state index contributed by atoms with van der Waals surface area (Å²) in [6.45, 7) is 6.61. The maximum absolute atomic E-state index is 13.6. The largest absolute Gasteiger partial charge is 0.410 e. The van der Waals surface area contributed by atoms with E-state index in [0.717, 1.165) is 43.7 Å². The van der Waals surface area contributed by atoms with Gasteiger partial charge in [-0.1, -0.05) is 6.92 Å². The van der Waals surface area contributed by atoms with Crippen molar-refractivity contribution in [2.24, 2.45) is 0 Å². The Bertz CT molecular complexity index is 847. The summed E-state index contributed by atoms with van der Waals surface area (Å²) in [4.78, 5) is 6.52. The Balaban J connectivity index is 1.53. The number of likely N-dealkylation sites (tertiary alicyclic amines) is 1. The number of aryl methyl sites for hydroxylation is 1. The lowest BCUT2D eigenvalue weighted by molar-refractivity contribution is -0.173. The summed E-state index contributed by atoms with van der Waals surface area (Å²) in [5.74, 6) is 0.655. The second-order valence-corrected chi connectivity index (χ2v) is 8.32. The molecule has 0 bridgehead atoms. The molecule has 1 N–H and O–H groups in total. The summed E-state index contributed by atoms with van der Waals surface area (Å²) >= 11 is 0. The van der Waals surface area contributed by atoms with Gasteiger partial charge in [0, 0.05) is 43.5 Å². The van der Waals surface area contributed by atoms with E-state index in [-0.39, 0.29) is 18.4 Å². The molecule has 4 heterocycles. The fourth-order valence-electron chi connectivity index (χ4n) is 4.50. The predicted octanol–water partition coefficient (Wildman–Crippen LogP) is 4.66. The highest BCUT2D eigenvalue weighted by molar-refractivity contribution is 5.42. The molecule has 0 radical (unpaired) electrons. The van der Waals surface area contributed by atoms with Gasteiger partial charge in [-0.05, 0) is 56.3 Å². The van der Waals surface area contributed by atoms with Crippen LogP contribution in [-0.4, -0.2) is 45.0 Å². The molecule has 1 saturated heterocycles. The summed E-state index contributed by atoms with van der Waals surface area (Å²) in [6.07, 6.45) is 2.06. The average molecular weight is 407 g/mol. The third-order valence-electron chi connectivity index (χ3n) is 6.23. The first-order valence-electron chi connectivity index (χ1n) is 10.4. The lowest BCUT2D eigenvalue weighted by atomic mass is 9.94. The molecular formula is C21H28F3N5. The molecule has 0 unspecified atom stereocenters. The zero-order chi connectivity index (χ0) is 20.6. The number of piperidine rings is 1. The van der Waals surface area contributed by atoms with Crippen molar-refractivity contribution in [3.05, 3.63) is 41.3 Å². The zero-order valence-corrected chi connectivity index (χ0v) is 16.9. The van der Waals surface area contributed by atoms with E-state index >= 15 is 0 Å². The molecule has 8 heteroatoms. The minimum atomic E-state index is -4.29. The highest BCUT2D eigenvalue weighted by Gasteiger charge is 2.46. The molecular weight excluding hydrogens is 379 g/mol. The van der Waals surface area contributed by atoms with Crippen molar-refractivity contribution in [2.45, 2.75) is 70.3 Å². The van der Waals surface area contributed by atoms with E-state index in [2.05, 4.69) is 27.2 Å². The van der Waals surface area contributed by atoms with Gasteiger partial charge in [0.05, 0.1) is 5.69 Å². The minimum absolute atomic E-state index is 0.0340. The van der Waals surface area contributed by atoms with Gasteiger partial charge in [0.1, 0.15) is 5.82 Å². The van der Waals surface area contributed by atoms with Gasteiger partial charge in [0.25, 0.3) is 0 Å². The fraction of sp³-hybridized carbons (Fsp3) is 0.619. The lowest BCUT2D eigenvalue weighted by Gasteiger charge is -2.33. The third-order valence-corrected chi connectivity index (χ3v) is 6.23. The Morgan fingerprint density at radius 1 is 1.31 bits per heavy atom. The number of hydrogen-bond donors (Lipinski definition) is 1. The fourth-order valence-corrected chi connectivity index (χ4v) is 4.50. The first-order valence-corrected chi connectivity index (χ1v) is 10.4. The van der Waals surface area contributed by atoms with E-state index in [4.69, 9.17) is 0 Å². The number of fused-ring (bicyclic) bond motifs is 1. The summed E-state index contributed by atoms with van der Waals surface area (Å²) in [7, 11) is 0. The number of aromatic nitrogens is 3. The van der Waals surface area contributed by atoms with Gasteiger partial charge in [-0.3, -0.25) is 9.88 Å². The first kappa shape index (κ1) is 20.2. The van der Waals surface area contributed by atoms with Crippen LogP contribution in [-0.2, 0) is 6.54 Å². The van der Waals surface area contributed by atoms with Crippen LogP contribution in [0.2, 0.25) is 0 Å². The SMILES string of the molecule is CC[C@@H]1C[C@H](C(F)(F)F)n2nc([C@@H]3CCCN(Cc4ccncc4C)C3)cc2N1. The third kappa shape index (κ3) is 4.27. The quantitative estimate of drug-likeness (QED) is 0.801. The molecule has 2 aromatic heterocycles. The van der Waals surface area contributed by atoms with Crippen molar-refractivity contribution in [1.82, 2.24) is 19.7 Å². The van der Waals surface area contributed by atoms with Crippen LogP contribution in [0.1, 0.15) is 61.4 Å². The standard InChI is InChI=1S/C21H28F3N5/c1-3-17-9-19(21(22,23)24)29-20(26-17)10-18(27-29)16-5-4-8-28(13-16)12-15-6-7-25-11-14(15)2/h6-7,10-11,16-17,19,26H,3-5,8-9,12-13H2,1-2H3/t16-,17-,19-/m1/s1. The van der Waals surface area contributed by atoms with Gasteiger partial charge >= 0.3 is 6.18 Å². The molecule has 4 rings (SSSR count). The van der Waals surface area contributed by atoms with E-state index in [1.165, 1.54) is 10.2 Å². The summed E-state index contributed by atoms with van der Waals surface area (Å²) < 4.78 is 42.0. The number of anilines is 1. The molecule has 2 aromatic rings. The van der Waals surface area contributed by atoms with Crippen LogP contribution in [0.15, 0.2) is 24.5 Å². The normalized spacial score (nSPS) is 25.5. The molecule has 2 aliphatic heterocycles. The number of hydrogen-bond acceptors (Lipinski definition) is 4. The van der Waals surface area contributed by atoms with Gasteiger partial charge in [-0.25, -0.2) is 4.68 Å². The average Bonchev–Trinajstić information content (AvgIpc) is 3.12. The van der Waals surface area contributed by atoms with Crippen LogP contribution in [0.5, 0.6) is 0 Å². The van der Waals surface area contributed by atoms with Crippen molar-refractivity contribution < 1.29 is 13.2 Å². The lowest BCUT2D eigenvalue weighted by Crippen LogP contribution is -2.39. The Kier molecular flexibility index (Phi) is 5.55. The van der Waals surface area contributed by atoms with Gasteiger partial charge in [0.15, 0.2) is 6.04 Å². The number of halogens is 3. The Hall–Kier alpha value is -2.09. The minimum Gasteiger partial charge on any atom is -0.367 e. The molecule has 0 spiro atoms. The monoisotopic (exact) mass is 407 g/mol. The van der Waals surface area contributed by atoms with Gasteiger partial charge < -0.3 is 5.32 Å². The molecule has 158 valence electrons. The number of pyridine rings is 1. The highest BCUT2D eigenvalue weighted by Crippen LogP contribution is 2.41. The van der Waals surface area contributed by atoms with Crippen molar-refractivity contribution in [2.75, 3.05) is 18.4 Å². The number of nitrogens with one attached hydrogen (secondary N) is 1. The molecule has 0 aromatic carbocycles. The van der Waals surface area contributed by atoms with E-state index < -0.39 is 12.2 Å². The van der Waals surface area contributed by atoms with Crippen LogP contribution < -0.4 is 5.32 Å². The molecule has 0 amide bonds. The molecule has 5 nitrogen and oxygen atoms in total. The van der Waals surface area contributed by atoms with Crippen molar-refractivity contribution in [1.29, 1.82) is 0 Å². The highest BCUT2D eigenvalue weighted by atomic mass is 19.4. The van der Waals surface area contributed by atoms with E-state index in [9.17, 15) is 13.2 Å². The molecule has 2 aliphatic rings. The van der Waals surface area contributed by atoms with Crippen LogP contribution in [0.3, 0.4) is 0 Å². The van der Waals surface area contributed by atoms with Crippen LogP contribution in [0.4, 0.5) is 19.0 Å². The topological polar surface area (TPSA) is 46.0 Å². The summed E-state index contributed by atoms with van der Waals surface area (Å²) in [5.41, 5.74) is 3.18. The van der Waals surface area contributed by atoms with Crippen LogP contribution in [0.25, 0.3) is 0 Å². The van der Waals surface area contributed by atoms with Gasteiger partial charge in [-0.15, -0.1) is 0 Å². The second kappa shape index (κ2) is 7.97.